The average Bonchev–Trinajstić information content (AvgIpc) is 3.31. The predicted molar refractivity (Wildman–Crippen MR) is 96.0 cm³/mol. The molecule has 3 aliphatic heterocycles. The molecule has 4 rings (SSSR count). The first-order chi connectivity index (χ1) is 12.0. The number of rotatable bonds is 2. The maximum atomic E-state index is 12.9. The lowest BCUT2D eigenvalue weighted by molar-refractivity contribution is -0.139. The molecule has 0 aliphatic carbocycles. The molecule has 134 valence electrons. The first-order valence-electron chi connectivity index (χ1n) is 8.62. The fourth-order valence-electron chi connectivity index (χ4n) is 4.16. The van der Waals surface area contributed by atoms with Gasteiger partial charge in [0.05, 0.1) is 17.3 Å². The third-order valence-electron chi connectivity index (χ3n) is 5.64. The van der Waals surface area contributed by atoms with Crippen molar-refractivity contribution in [1.29, 1.82) is 0 Å². The van der Waals surface area contributed by atoms with Gasteiger partial charge in [0.15, 0.2) is 0 Å². The van der Waals surface area contributed by atoms with Gasteiger partial charge in [0, 0.05) is 36.7 Å². The highest BCUT2D eigenvalue weighted by Gasteiger charge is 2.47. The van der Waals surface area contributed by atoms with Crippen LogP contribution in [0.15, 0.2) is 18.2 Å². The highest BCUT2D eigenvalue weighted by atomic mass is 35.5. The van der Waals surface area contributed by atoms with Crippen molar-refractivity contribution in [3.63, 3.8) is 0 Å². The second-order valence-electron chi connectivity index (χ2n) is 7.24. The van der Waals surface area contributed by atoms with Gasteiger partial charge in [-0.2, -0.15) is 0 Å². The van der Waals surface area contributed by atoms with Gasteiger partial charge in [0.2, 0.25) is 11.8 Å². The maximum absolute atomic E-state index is 12.9. The van der Waals surface area contributed by atoms with Crippen LogP contribution in [0.4, 0.5) is 5.69 Å². The van der Waals surface area contributed by atoms with Gasteiger partial charge in [0.1, 0.15) is 5.92 Å². The van der Waals surface area contributed by atoms with E-state index in [1.54, 1.807) is 23.1 Å². The Hall–Kier alpha value is -1.30. The molecule has 1 aromatic carbocycles. The van der Waals surface area contributed by atoms with Gasteiger partial charge in [-0.15, -0.1) is 0 Å². The summed E-state index contributed by atoms with van der Waals surface area (Å²) >= 11 is 12.2. The van der Waals surface area contributed by atoms with Crippen molar-refractivity contribution in [1.82, 2.24) is 4.90 Å². The van der Waals surface area contributed by atoms with Crippen LogP contribution in [0.3, 0.4) is 0 Å². The van der Waals surface area contributed by atoms with Crippen molar-refractivity contribution in [3.8, 4) is 0 Å². The molecule has 0 saturated carbocycles. The molecule has 0 radical (unpaired) electrons. The van der Waals surface area contributed by atoms with E-state index in [1.165, 1.54) is 0 Å². The number of ether oxygens (including phenoxy) is 1. The smallest absolute Gasteiger partial charge is 0.239 e. The molecule has 0 N–H and O–H groups in total. The van der Waals surface area contributed by atoms with Crippen LogP contribution in [0.2, 0.25) is 10.0 Å². The highest BCUT2D eigenvalue weighted by molar-refractivity contribution is 6.36. The van der Waals surface area contributed by atoms with Crippen molar-refractivity contribution < 1.29 is 14.3 Å². The van der Waals surface area contributed by atoms with E-state index in [-0.39, 0.29) is 17.2 Å². The zero-order chi connectivity index (χ0) is 17.6. The molecule has 5 nitrogen and oxygen atoms in total. The van der Waals surface area contributed by atoms with Crippen molar-refractivity contribution in [2.24, 2.45) is 11.3 Å². The molecule has 2 atom stereocenters. The molecule has 3 aliphatic rings. The summed E-state index contributed by atoms with van der Waals surface area (Å²) in [6, 6.07) is 5.03. The summed E-state index contributed by atoms with van der Waals surface area (Å²) in [5.74, 6) is -0.861. The lowest BCUT2D eigenvalue weighted by atomic mass is 9.87. The minimum atomic E-state index is -0.618. The van der Waals surface area contributed by atoms with Crippen molar-refractivity contribution >= 4 is 40.7 Å². The first-order valence-corrected chi connectivity index (χ1v) is 9.38. The zero-order valence-electron chi connectivity index (χ0n) is 13.8. The van der Waals surface area contributed by atoms with Crippen molar-refractivity contribution in [2.45, 2.75) is 19.3 Å². The van der Waals surface area contributed by atoms with Crippen LogP contribution in [0.5, 0.6) is 0 Å². The Morgan fingerprint density at radius 3 is 2.84 bits per heavy atom. The maximum Gasteiger partial charge on any atom is 0.239 e. The Labute approximate surface area is 156 Å². The van der Waals surface area contributed by atoms with Gasteiger partial charge in [-0.05, 0) is 37.5 Å². The molecule has 3 heterocycles. The highest BCUT2D eigenvalue weighted by Crippen LogP contribution is 2.40. The van der Waals surface area contributed by atoms with Crippen LogP contribution in [-0.4, -0.2) is 49.6 Å². The number of hydrogen-bond donors (Lipinski definition) is 0. The van der Waals surface area contributed by atoms with Crippen LogP contribution < -0.4 is 4.90 Å². The second kappa shape index (κ2) is 6.45. The predicted octanol–water partition coefficient (Wildman–Crippen LogP) is 2.99. The summed E-state index contributed by atoms with van der Waals surface area (Å²) in [6.07, 6.45) is 2.48. The minimum absolute atomic E-state index is 0.0607. The van der Waals surface area contributed by atoms with Gasteiger partial charge in [-0.25, -0.2) is 0 Å². The molecule has 1 spiro atoms. The molecule has 2 unspecified atom stereocenters. The van der Waals surface area contributed by atoms with Gasteiger partial charge in [-0.1, -0.05) is 23.2 Å². The van der Waals surface area contributed by atoms with Crippen LogP contribution in [0, 0.1) is 11.3 Å². The number of benzene rings is 1. The average molecular weight is 383 g/mol. The van der Waals surface area contributed by atoms with Gasteiger partial charge in [-0.3, -0.25) is 9.59 Å². The third kappa shape index (κ3) is 3.03. The molecule has 1 aromatic rings. The van der Waals surface area contributed by atoms with E-state index in [4.69, 9.17) is 27.9 Å². The summed E-state index contributed by atoms with van der Waals surface area (Å²) < 4.78 is 5.52. The van der Waals surface area contributed by atoms with Crippen molar-refractivity contribution in [2.75, 3.05) is 37.7 Å². The van der Waals surface area contributed by atoms with Crippen LogP contribution >= 0.6 is 23.2 Å². The number of likely N-dealkylation sites (tertiary alicyclic amines) is 1. The first kappa shape index (κ1) is 17.1. The SMILES string of the molecule is O=C(C1CCN(c2cc(Cl)ccc2Cl)C1=O)N1CCC2(CCOC2)C1. The Morgan fingerprint density at radius 1 is 1.24 bits per heavy atom. The number of amides is 2. The number of hydrogen-bond acceptors (Lipinski definition) is 3. The Kier molecular flexibility index (Phi) is 4.42. The number of halogens is 2. The summed E-state index contributed by atoms with van der Waals surface area (Å²) in [5.41, 5.74) is 0.685. The monoisotopic (exact) mass is 382 g/mol. The molecular weight excluding hydrogens is 363 g/mol. The van der Waals surface area contributed by atoms with E-state index < -0.39 is 5.92 Å². The van der Waals surface area contributed by atoms with Crippen LogP contribution in [0.25, 0.3) is 0 Å². The number of carbonyl (C=O) groups is 2. The quantitative estimate of drug-likeness (QED) is 0.738. The van der Waals surface area contributed by atoms with Crippen LogP contribution in [0.1, 0.15) is 19.3 Å². The van der Waals surface area contributed by atoms with Gasteiger partial charge < -0.3 is 14.5 Å². The number of carbonyl (C=O) groups excluding carboxylic acids is 2. The molecular formula is C18H20Cl2N2O3. The van der Waals surface area contributed by atoms with Gasteiger partial charge in [0.25, 0.3) is 0 Å². The van der Waals surface area contributed by atoms with E-state index in [1.807, 2.05) is 4.90 Å². The Morgan fingerprint density at radius 2 is 2.08 bits per heavy atom. The lowest BCUT2D eigenvalue weighted by Crippen LogP contribution is -2.40. The molecule has 0 bridgehead atoms. The Balaban J connectivity index is 1.48. The molecule has 3 saturated heterocycles. The van der Waals surface area contributed by atoms with E-state index in [9.17, 15) is 9.59 Å². The molecule has 0 aromatic heterocycles. The topological polar surface area (TPSA) is 49.9 Å². The normalized spacial score (nSPS) is 29.2. The van der Waals surface area contributed by atoms with Crippen LogP contribution in [-0.2, 0) is 14.3 Å². The van der Waals surface area contributed by atoms with E-state index in [0.29, 0.717) is 41.8 Å². The molecule has 2 amide bonds. The summed E-state index contributed by atoms with van der Waals surface area (Å²) in [7, 11) is 0. The fraction of sp³-hybridized carbons (Fsp3) is 0.556. The fourth-order valence-corrected chi connectivity index (χ4v) is 4.54. The lowest BCUT2D eigenvalue weighted by Gasteiger charge is -2.24. The van der Waals surface area contributed by atoms with Gasteiger partial charge >= 0.3 is 0 Å². The zero-order valence-corrected chi connectivity index (χ0v) is 15.4. The molecule has 25 heavy (non-hydrogen) atoms. The third-order valence-corrected chi connectivity index (χ3v) is 6.19. The van der Waals surface area contributed by atoms with Crippen molar-refractivity contribution in [3.05, 3.63) is 28.2 Å². The number of nitrogens with zero attached hydrogens (tertiary/aromatic N) is 2. The molecule has 3 fully saturated rings. The van der Waals surface area contributed by atoms with E-state index in [0.717, 1.165) is 26.1 Å². The number of anilines is 1. The standard InChI is InChI=1S/C18H20Cl2N2O3/c19-12-1-2-14(20)15(9-12)22-6-3-13(17(22)24)16(23)21-7-4-18(10-21)5-8-25-11-18/h1-2,9,13H,3-8,10-11H2. The molecule has 7 heteroatoms. The summed E-state index contributed by atoms with van der Waals surface area (Å²) in [5, 5.41) is 0.985. The minimum Gasteiger partial charge on any atom is -0.381 e. The second-order valence-corrected chi connectivity index (χ2v) is 8.08. The van der Waals surface area contributed by atoms with E-state index >= 15 is 0 Å². The summed E-state index contributed by atoms with van der Waals surface area (Å²) in [6.45, 7) is 3.39. The van der Waals surface area contributed by atoms with E-state index in [2.05, 4.69) is 0 Å². The summed E-state index contributed by atoms with van der Waals surface area (Å²) in [4.78, 5) is 29.2. The Bertz CT molecular complexity index is 718. The largest absolute Gasteiger partial charge is 0.381 e.